The van der Waals surface area contributed by atoms with Crippen LogP contribution in [0, 0.1) is 40.5 Å². The van der Waals surface area contributed by atoms with Gasteiger partial charge in [-0.2, -0.15) is 0 Å². The van der Waals surface area contributed by atoms with Gasteiger partial charge in [-0.1, -0.05) is 6.07 Å². The van der Waals surface area contributed by atoms with Crippen LogP contribution in [0.2, 0.25) is 0 Å². The molecule has 4 rings (SSSR count). The van der Waals surface area contributed by atoms with Crippen molar-refractivity contribution in [3.63, 3.8) is 0 Å². The van der Waals surface area contributed by atoms with Crippen molar-refractivity contribution in [3.8, 4) is 5.95 Å². The number of hydrogen-bond donors (Lipinski definition) is 1. The standard InChI is InChI=1S/C23H26N6O2/c1-13-6-7-20(8-14(13)2)28-12-18(9-21(28)30)22(31)27-19-10-24-23(25-11-19)29-16(4)15(3)26-17(29)5/h6-8,10-11,18H,9,12H2,1-5H3,(H,27,31). The third kappa shape index (κ3) is 3.93. The number of benzene rings is 1. The molecule has 2 aromatic heterocycles. The van der Waals surface area contributed by atoms with E-state index in [2.05, 4.69) is 20.3 Å². The van der Waals surface area contributed by atoms with E-state index >= 15 is 0 Å². The second kappa shape index (κ2) is 7.94. The maximum Gasteiger partial charge on any atom is 0.235 e. The van der Waals surface area contributed by atoms with Crippen molar-refractivity contribution in [3.05, 3.63) is 58.9 Å². The monoisotopic (exact) mass is 418 g/mol. The number of hydrogen-bond acceptors (Lipinski definition) is 5. The number of carbonyl (C=O) groups is 2. The fourth-order valence-corrected chi connectivity index (χ4v) is 3.84. The average Bonchev–Trinajstić information content (AvgIpc) is 3.24. The number of carbonyl (C=O) groups excluding carboxylic acids is 2. The Kier molecular flexibility index (Phi) is 5.31. The van der Waals surface area contributed by atoms with Crippen LogP contribution in [0.15, 0.2) is 30.6 Å². The zero-order chi connectivity index (χ0) is 22.3. The molecular weight excluding hydrogens is 392 g/mol. The number of nitrogens with zero attached hydrogens (tertiary/aromatic N) is 5. The van der Waals surface area contributed by atoms with Gasteiger partial charge in [-0.3, -0.25) is 14.2 Å². The summed E-state index contributed by atoms with van der Waals surface area (Å²) in [6.45, 7) is 10.2. The van der Waals surface area contributed by atoms with Gasteiger partial charge in [0.05, 0.1) is 29.7 Å². The van der Waals surface area contributed by atoms with Crippen molar-refractivity contribution in [1.82, 2.24) is 19.5 Å². The first-order valence-electron chi connectivity index (χ1n) is 10.3. The molecule has 1 N–H and O–H groups in total. The minimum atomic E-state index is -0.422. The summed E-state index contributed by atoms with van der Waals surface area (Å²) in [6, 6.07) is 5.91. The SMILES string of the molecule is Cc1ccc(N2CC(C(=O)Nc3cnc(-n4c(C)nc(C)c4C)nc3)CC2=O)cc1C. The van der Waals surface area contributed by atoms with Gasteiger partial charge >= 0.3 is 0 Å². The molecule has 0 saturated carbocycles. The number of aryl methyl sites for hydroxylation is 4. The van der Waals surface area contributed by atoms with Gasteiger partial charge in [-0.05, 0) is 57.9 Å². The molecule has 0 spiro atoms. The van der Waals surface area contributed by atoms with Crippen LogP contribution < -0.4 is 10.2 Å². The highest BCUT2D eigenvalue weighted by atomic mass is 16.2. The molecule has 0 aliphatic carbocycles. The predicted octanol–water partition coefficient (Wildman–Crippen LogP) is 3.20. The topological polar surface area (TPSA) is 93.0 Å². The Morgan fingerprint density at radius 2 is 1.77 bits per heavy atom. The second-order valence-corrected chi connectivity index (χ2v) is 8.10. The van der Waals surface area contributed by atoms with Gasteiger partial charge in [-0.15, -0.1) is 0 Å². The van der Waals surface area contributed by atoms with Crippen LogP contribution in [0.25, 0.3) is 5.95 Å². The van der Waals surface area contributed by atoms with E-state index in [1.54, 1.807) is 17.3 Å². The molecule has 1 atom stereocenters. The van der Waals surface area contributed by atoms with Gasteiger partial charge in [0.25, 0.3) is 0 Å². The lowest BCUT2D eigenvalue weighted by molar-refractivity contribution is -0.122. The third-order valence-electron chi connectivity index (χ3n) is 5.92. The van der Waals surface area contributed by atoms with Crippen molar-refractivity contribution in [2.45, 2.75) is 41.0 Å². The van der Waals surface area contributed by atoms with E-state index in [4.69, 9.17) is 0 Å². The Hall–Kier alpha value is -3.55. The third-order valence-corrected chi connectivity index (χ3v) is 5.92. The first-order valence-corrected chi connectivity index (χ1v) is 10.3. The lowest BCUT2D eigenvalue weighted by Gasteiger charge is -2.18. The summed E-state index contributed by atoms with van der Waals surface area (Å²) < 4.78 is 1.87. The molecular formula is C23H26N6O2. The van der Waals surface area contributed by atoms with Crippen LogP contribution in [0.4, 0.5) is 11.4 Å². The molecule has 1 aromatic carbocycles. The summed E-state index contributed by atoms with van der Waals surface area (Å²) in [7, 11) is 0. The highest BCUT2D eigenvalue weighted by Crippen LogP contribution is 2.27. The van der Waals surface area contributed by atoms with E-state index in [9.17, 15) is 9.59 Å². The number of nitrogens with one attached hydrogen (secondary N) is 1. The van der Waals surface area contributed by atoms with Gasteiger partial charge in [-0.25, -0.2) is 15.0 Å². The van der Waals surface area contributed by atoms with Crippen molar-refractivity contribution >= 4 is 23.2 Å². The summed E-state index contributed by atoms with van der Waals surface area (Å²) in [6.07, 6.45) is 3.34. The summed E-state index contributed by atoms with van der Waals surface area (Å²) >= 11 is 0. The minimum Gasteiger partial charge on any atom is -0.323 e. The van der Waals surface area contributed by atoms with Gasteiger partial charge in [0.2, 0.25) is 17.8 Å². The summed E-state index contributed by atoms with van der Waals surface area (Å²) in [4.78, 5) is 40.2. The van der Waals surface area contributed by atoms with Crippen LogP contribution in [0.3, 0.4) is 0 Å². The molecule has 1 saturated heterocycles. The Labute approximate surface area is 181 Å². The van der Waals surface area contributed by atoms with Crippen LogP contribution in [-0.2, 0) is 9.59 Å². The van der Waals surface area contributed by atoms with E-state index in [-0.39, 0.29) is 18.2 Å². The molecule has 31 heavy (non-hydrogen) atoms. The van der Waals surface area contributed by atoms with E-state index < -0.39 is 5.92 Å². The molecule has 1 aliphatic rings. The maximum absolute atomic E-state index is 12.8. The van der Waals surface area contributed by atoms with Crippen molar-refractivity contribution in [2.75, 3.05) is 16.8 Å². The molecule has 160 valence electrons. The number of imidazole rings is 1. The molecule has 3 heterocycles. The fraction of sp³-hybridized carbons (Fsp3) is 0.348. The quantitative estimate of drug-likeness (QED) is 0.702. The average molecular weight is 419 g/mol. The molecule has 8 heteroatoms. The van der Waals surface area contributed by atoms with Crippen LogP contribution in [0.1, 0.15) is 34.8 Å². The number of anilines is 2. The number of aromatic nitrogens is 4. The molecule has 1 unspecified atom stereocenters. The number of rotatable bonds is 4. The van der Waals surface area contributed by atoms with Crippen molar-refractivity contribution in [1.29, 1.82) is 0 Å². The highest BCUT2D eigenvalue weighted by Gasteiger charge is 2.35. The molecule has 0 radical (unpaired) electrons. The smallest absolute Gasteiger partial charge is 0.235 e. The molecule has 1 aliphatic heterocycles. The Balaban J connectivity index is 1.45. The first kappa shape index (κ1) is 20.7. The summed E-state index contributed by atoms with van der Waals surface area (Å²) in [5, 5.41) is 2.84. The highest BCUT2D eigenvalue weighted by molar-refractivity contribution is 6.03. The Bertz CT molecular complexity index is 1170. The zero-order valence-electron chi connectivity index (χ0n) is 18.4. The van der Waals surface area contributed by atoms with Gasteiger partial charge in [0, 0.05) is 24.3 Å². The molecule has 2 amide bonds. The molecule has 1 fully saturated rings. The van der Waals surface area contributed by atoms with Gasteiger partial charge in [0.1, 0.15) is 5.82 Å². The van der Waals surface area contributed by atoms with Crippen molar-refractivity contribution in [2.24, 2.45) is 5.92 Å². The summed E-state index contributed by atoms with van der Waals surface area (Å²) in [5.74, 6) is 0.640. The zero-order valence-corrected chi connectivity index (χ0v) is 18.4. The second-order valence-electron chi connectivity index (χ2n) is 8.10. The van der Waals surface area contributed by atoms with Crippen molar-refractivity contribution < 1.29 is 9.59 Å². The van der Waals surface area contributed by atoms with Crippen LogP contribution in [0.5, 0.6) is 0 Å². The Morgan fingerprint density at radius 1 is 1.06 bits per heavy atom. The lowest BCUT2D eigenvalue weighted by atomic mass is 10.1. The Morgan fingerprint density at radius 3 is 2.39 bits per heavy atom. The van der Waals surface area contributed by atoms with E-state index in [1.165, 1.54) is 5.56 Å². The van der Waals surface area contributed by atoms with Crippen LogP contribution >= 0.6 is 0 Å². The largest absolute Gasteiger partial charge is 0.323 e. The van der Waals surface area contributed by atoms with E-state index in [0.717, 1.165) is 28.5 Å². The first-order chi connectivity index (χ1) is 14.7. The number of amides is 2. The predicted molar refractivity (Wildman–Crippen MR) is 118 cm³/mol. The maximum atomic E-state index is 12.8. The molecule has 3 aromatic rings. The molecule has 0 bridgehead atoms. The lowest BCUT2D eigenvalue weighted by Crippen LogP contribution is -2.28. The minimum absolute atomic E-state index is 0.0450. The van der Waals surface area contributed by atoms with Gasteiger partial charge in [0.15, 0.2) is 0 Å². The van der Waals surface area contributed by atoms with Crippen LogP contribution in [-0.4, -0.2) is 37.9 Å². The van der Waals surface area contributed by atoms with E-state index in [0.29, 0.717) is 18.2 Å². The fourth-order valence-electron chi connectivity index (χ4n) is 3.84. The van der Waals surface area contributed by atoms with Gasteiger partial charge < -0.3 is 10.2 Å². The summed E-state index contributed by atoms with van der Waals surface area (Å²) in [5.41, 5.74) is 5.52. The van der Waals surface area contributed by atoms with E-state index in [1.807, 2.05) is 57.4 Å². The normalized spacial score (nSPS) is 16.1. The molecule has 8 nitrogen and oxygen atoms in total.